The lowest BCUT2D eigenvalue weighted by Crippen LogP contribution is -2.42. The van der Waals surface area contributed by atoms with Gasteiger partial charge in [-0.3, -0.25) is 20.4 Å². The molecule has 0 bridgehead atoms. The number of para-hydroxylation sites is 1. The molecule has 0 aliphatic heterocycles. The van der Waals surface area contributed by atoms with E-state index in [9.17, 15) is 14.0 Å². The summed E-state index contributed by atoms with van der Waals surface area (Å²) in [6.07, 6.45) is 3.05. The summed E-state index contributed by atoms with van der Waals surface area (Å²) < 4.78 is 15.2. The number of aromatic nitrogens is 2. The van der Waals surface area contributed by atoms with Crippen LogP contribution in [0.1, 0.15) is 28.9 Å². The molecule has 1 aliphatic carbocycles. The van der Waals surface area contributed by atoms with Gasteiger partial charge in [0, 0.05) is 5.92 Å². The lowest BCUT2D eigenvalue weighted by Gasteiger charge is -2.08. The molecular weight excluding hydrogens is 287 g/mol. The van der Waals surface area contributed by atoms with E-state index < -0.39 is 11.7 Å². The van der Waals surface area contributed by atoms with Gasteiger partial charge in [-0.2, -0.15) is 5.10 Å². The fraction of sp³-hybridized carbons (Fsp3) is 0.267. The number of nitrogens with one attached hydrogen (secondary N) is 2. The summed E-state index contributed by atoms with van der Waals surface area (Å²) in [5, 5.41) is 4.05. The van der Waals surface area contributed by atoms with Gasteiger partial charge in [0.25, 0.3) is 5.91 Å². The molecule has 0 radical (unpaired) electrons. The number of carbonyl (C=O) groups is 2. The van der Waals surface area contributed by atoms with Gasteiger partial charge in [-0.25, -0.2) is 9.07 Å². The van der Waals surface area contributed by atoms with E-state index in [1.54, 1.807) is 25.1 Å². The summed E-state index contributed by atoms with van der Waals surface area (Å²) in [4.78, 5) is 23.6. The van der Waals surface area contributed by atoms with Gasteiger partial charge in [-0.05, 0) is 31.9 Å². The van der Waals surface area contributed by atoms with E-state index >= 15 is 0 Å². The van der Waals surface area contributed by atoms with Crippen molar-refractivity contribution in [3.8, 4) is 5.69 Å². The molecular formula is C15H15FN4O2. The van der Waals surface area contributed by atoms with Crippen molar-refractivity contribution in [2.75, 3.05) is 0 Å². The topological polar surface area (TPSA) is 76.0 Å². The highest BCUT2D eigenvalue weighted by Gasteiger charge is 2.30. The maximum absolute atomic E-state index is 13.8. The number of hydrazine groups is 1. The van der Waals surface area contributed by atoms with Gasteiger partial charge in [-0.15, -0.1) is 0 Å². The fourth-order valence-electron chi connectivity index (χ4n) is 2.13. The molecule has 114 valence electrons. The lowest BCUT2D eigenvalue weighted by molar-refractivity contribution is -0.123. The Labute approximate surface area is 126 Å². The van der Waals surface area contributed by atoms with Gasteiger partial charge in [0.05, 0.1) is 17.5 Å². The third kappa shape index (κ3) is 2.69. The number of halogens is 1. The minimum Gasteiger partial charge on any atom is -0.273 e. The van der Waals surface area contributed by atoms with Crippen LogP contribution in [-0.2, 0) is 4.79 Å². The molecule has 0 spiro atoms. The van der Waals surface area contributed by atoms with Gasteiger partial charge < -0.3 is 0 Å². The molecule has 0 atom stereocenters. The van der Waals surface area contributed by atoms with E-state index in [4.69, 9.17) is 0 Å². The van der Waals surface area contributed by atoms with Crippen LogP contribution < -0.4 is 10.9 Å². The van der Waals surface area contributed by atoms with Crippen LogP contribution in [0.3, 0.4) is 0 Å². The van der Waals surface area contributed by atoms with E-state index in [0.29, 0.717) is 5.69 Å². The molecule has 1 fully saturated rings. The van der Waals surface area contributed by atoms with Crippen molar-refractivity contribution < 1.29 is 14.0 Å². The smallest absolute Gasteiger partial charge is 0.273 e. The Bertz CT molecular complexity index is 737. The zero-order valence-electron chi connectivity index (χ0n) is 12.0. The summed E-state index contributed by atoms with van der Waals surface area (Å²) in [5.41, 5.74) is 5.77. The second-order valence-corrected chi connectivity index (χ2v) is 5.22. The number of benzene rings is 1. The predicted molar refractivity (Wildman–Crippen MR) is 76.6 cm³/mol. The van der Waals surface area contributed by atoms with Crippen LogP contribution in [0.15, 0.2) is 30.5 Å². The van der Waals surface area contributed by atoms with Crippen LogP contribution in [0.4, 0.5) is 4.39 Å². The van der Waals surface area contributed by atoms with Gasteiger partial charge in [0.15, 0.2) is 0 Å². The van der Waals surface area contributed by atoms with Crippen molar-refractivity contribution in [1.82, 2.24) is 20.6 Å². The molecule has 22 heavy (non-hydrogen) atoms. The maximum Gasteiger partial charge on any atom is 0.273 e. The first-order chi connectivity index (χ1) is 10.6. The first-order valence-electron chi connectivity index (χ1n) is 6.97. The molecule has 2 aromatic rings. The van der Waals surface area contributed by atoms with E-state index in [1.165, 1.54) is 16.9 Å². The Morgan fingerprint density at radius 2 is 2.00 bits per heavy atom. The summed E-state index contributed by atoms with van der Waals surface area (Å²) >= 11 is 0. The highest BCUT2D eigenvalue weighted by Crippen LogP contribution is 2.28. The van der Waals surface area contributed by atoms with Gasteiger partial charge in [0.2, 0.25) is 5.91 Å². The maximum atomic E-state index is 13.8. The normalized spacial score (nSPS) is 13.7. The van der Waals surface area contributed by atoms with E-state index in [1.807, 2.05) is 0 Å². The van der Waals surface area contributed by atoms with Gasteiger partial charge >= 0.3 is 0 Å². The van der Waals surface area contributed by atoms with Crippen LogP contribution in [0.25, 0.3) is 5.69 Å². The highest BCUT2D eigenvalue weighted by atomic mass is 19.1. The Kier molecular flexibility index (Phi) is 3.62. The average Bonchev–Trinajstić information content (AvgIpc) is 3.29. The quantitative estimate of drug-likeness (QED) is 0.843. The predicted octanol–water partition coefficient (Wildman–Crippen LogP) is 1.49. The molecule has 3 rings (SSSR count). The first-order valence-corrected chi connectivity index (χ1v) is 6.97. The average molecular weight is 302 g/mol. The molecule has 7 heteroatoms. The van der Waals surface area contributed by atoms with E-state index in [-0.39, 0.29) is 23.1 Å². The van der Waals surface area contributed by atoms with Crippen molar-refractivity contribution in [3.63, 3.8) is 0 Å². The molecule has 1 heterocycles. The summed E-state index contributed by atoms with van der Waals surface area (Å²) in [6, 6.07) is 6.17. The minimum absolute atomic E-state index is 0.00235. The van der Waals surface area contributed by atoms with Crippen molar-refractivity contribution in [2.45, 2.75) is 19.8 Å². The lowest BCUT2D eigenvalue weighted by atomic mass is 10.2. The van der Waals surface area contributed by atoms with E-state index in [0.717, 1.165) is 12.8 Å². The molecule has 0 unspecified atom stereocenters. The molecule has 1 saturated carbocycles. The van der Waals surface area contributed by atoms with Crippen molar-refractivity contribution in [1.29, 1.82) is 0 Å². The standard InChI is InChI=1S/C15H15FN4O2/c1-9-11(15(22)19-18-14(21)10-6-7-10)8-17-20(9)13-5-3-2-4-12(13)16/h2-5,8,10H,6-7H2,1H3,(H,18,21)(H,19,22). The Morgan fingerprint density at radius 1 is 1.27 bits per heavy atom. The molecule has 2 amide bonds. The molecule has 2 N–H and O–H groups in total. The number of carbonyl (C=O) groups excluding carboxylic acids is 2. The zero-order chi connectivity index (χ0) is 15.7. The van der Waals surface area contributed by atoms with Gasteiger partial charge in [0.1, 0.15) is 11.5 Å². The Balaban J connectivity index is 1.76. The second kappa shape index (κ2) is 5.59. The van der Waals surface area contributed by atoms with Gasteiger partial charge in [-0.1, -0.05) is 12.1 Å². The van der Waals surface area contributed by atoms with Crippen molar-refractivity contribution in [2.24, 2.45) is 5.92 Å². The SMILES string of the molecule is Cc1c(C(=O)NNC(=O)C2CC2)cnn1-c1ccccc1F. The van der Waals surface area contributed by atoms with Crippen LogP contribution in [0.5, 0.6) is 0 Å². The molecule has 1 aliphatic rings. The second-order valence-electron chi connectivity index (χ2n) is 5.22. The third-order valence-electron chi connectivity index (χ3n) is 3.58. The van der Waals surface area contributed by atoms with Crippen LogP contribution >= 0.6 is 0 Å². The minimum atomic E-state index is -0.478. The first kappa shape index (κ1) is 14.2. The van der Waals surface area contributed by atoms with Crippen LogP contribution in [0, 0.1) is 18.7 Å². The summed E-state index contributed by atoms with van der Waals surface area (Å²) in [6.45, 7) is 1.66. The largest absolute Gasteiger partial charge is 0.273 e. The number of hydrogen-bond donors (Lipinski definition) is 2. The van der Waals surface area contributed by atoms with Crippen molar-refractivity contribution in [3.05, 3.63) is 47.5 Å². The van der Waals surface area contributed by atoms with Crippen LogP contribution in [0.2, 0.25) is 0 Å². The molecule has 1 aromatic carbocycles. The van der Waals surface area contributed by atoms with E-state index in [2.05, 4.69) is 16.0 Å². The molecule has 1 aromatic heterocycles. The van der Waals surface area contributed by atoms with Crippen LogP contribution in [-0.4, -0.2) is 21.6 Å². The summed E-state index contributed by atoms with van der Waals surface area (Å²) in [5.74, 6) is -1.09. The number of hydrogen-bond acceptors (Lipinski definition) is 3. The Morgan fingerprint density at radius 3 is 2.68 bits per heavy atom. The third-order valence-corrected chi connectivity index (χ3v) is 3.58. The number of amides is 2. The fourth-order valence-corrected chi connectivity index (χ4v) is 2.13. The Hall–Kier alpha value is -2.70. The van der Waals surface area contributed by atoms with Crippen molar-refractivity contribution >= 4 is 11.8 Å². The monoisotopic (exact) mass is 302 g/mol. The molecule has 0 saturated heterocycles. The zero-order valence-corrected chi connectivity index (χ0v) is 12.0. The number of nitrogens with zero attached hydrogens (tertiary/aromatic N) is 2. The molecule has 6 nitrogen and oxygen atoms in total. The number of rotatable bonds is 3. The summed E-state index contributed by atoms with van der Waals surface area (Å²) in [7, 11) is 0. The highest BCUT2D eigenvalue weighted by molar-refractivity contribution is 5.96.